The molecule has 0 aliphatic carbocycles. The van der Waals surface area contributed by atoms with Crippen molar-refractivity contribution in [3.8, 4) is 0 Å². The summed E-state index contributed by atoms with van der Waals surface area (Å²) in [5, 5.41) is 2.80. The van der Waals surface area contributed by atoms with Crippen molar-refractivity contribution in [2.75, 3.05) is 20.2 Å². The smallest absolute Gasteiger partial charge is 0.410 e. The van der Waals surface area contributed by atoms with Gasteiger partial charge in [0.1, 0.15) is 12.2 Å². The first-order valence-electron chi connectivity index (χ1n) is 8.76. The lowest BCUT2D eigenvalue weighted by Gasteiger charge is -2.37. The van der Waals surface area contributed by atoms with Crippen LogP contribution in [0.1, 0.15) is 32.8 Å². The summed E-state index contributed by atoms with van der Waals surface area (Å²) in [6.07, 6.45) is -0.499. The molecule has 7 nitrogen and oxygen atoms in total. The average molecular weight is 364 g/mol. The summed E-state index contributed by atoms with van der Waals surface area (Å²) < 4.78 is 16.1. The standard InChI is InChI=1S/C19H28N2O5/c1-19(2,3)26-17(22)20-15-12-21(11-10-16(15)24-4)18(23)25-13-14-8-6-5-7-9-14/h5-9,15-16H,10-13H2,1-4H3,(H,20,22)/t15-,16-/m0/s1. The van der Waals surface area contributed by atoms with Crippen LogP contribution in [0, 0.1) is 0 Å². The fourth-order valence-corrected chi connectivity index (χ4v) is 2.79. The number of methoxy groups -OCH3 is 1. The second-order valence-corrected chi connectivity index (χ2v) is 7.30. The molecule has 26 heavy (non-hydrogen) atoms. The number of nitrogens with zero attached hydrogens (tertiary/aromatic N) is 1. The number of piperidine rings is 1. The van der Waals surface area contributed by atoms with Crippen LogP contribution in [0.15, 0.2) is 30.3 Å². The third-order valence-corrected chi connectivity index (χ3v) is 4.02. The quantitative estimate of drug-likeness (QED) is 0.889. The number of rotatable bonds is 4. The number of hydrogen-bond donors (Lipinski definition) is 1. The SMILES string of the molecule is CO[C@H]1CCN(C(=O)OCc2ccccc2)C[C@@H]1NC(=O)OC(C)(C)C. The molecular formula is C19H28N2O5. The molecule has 0 saturated carbocycles. The van der Waals surface area contributed by atoms with E-state index in [0.717, 1.165) is 5.56 Å². The number of amides is 2. The summed E-state index contributed by atoms with van der Waals surface area (Å²) in [7, 11) is 1.60. The Hall–Kier alpha value is -2.28. The Balaban J connectivity index is 1.90. The molecule has 1 saturated heterocycles. The molecule has 1 heterocycles. The van der Waals surface area contributed by atoms with Gasteiger partial charge in [0.05, 0.1) is 12.1 Å². The Morgan fingerprint density at radius 1 is 1.23 bits per heavy atom. The molecule has 2 rings (SSSR count). The zero-order chi connectivity index (χ0) is 19.2. The highest BCUT2D eigenvalue weighted by atomic mass is 16.6. The summed E-state index contributed by atoms with van der Waals surface area (Å²) in [6.45, 7) is 6.44. The van der Waals surface area contributed by atoms with Crippen LogP contribution in [-0.4, -0.2) is 55.0 Å². The van der Waals surface area contributed by atoms with E-state index in [0.29, 0.717) is 19.5 Å². The van der Waals surface area contributed by atoms with Crippen molar-refractivity contribution in [2.45, 2.75) is 51.5 Å². The lowest BCUT2D eigenvalue weighted by molar-refractivity contribution is -0.000637. The Labute approximate surface area is 154 Å². The van der Waals surface area contributed by atoms with Crippen molar-refractivity contribution < 1.29 is 23.8 Å². The highest BCUT2D eigenvalue weighted by molar-refractivity contribution is 5.70. The van der Waals surface area contributed by atoms with Crippen LogP contribution in [0.4, 0.5) is 9.59 Å². The van der Waals surface area contributed by atoms with Crippen LogP contribution in [0.3, 0.4) is 0 Å². The van der Waals surface area contributed by atoms with Gasteiger partial charge in [0, 0.05) is 20.2 Å². The number of carbonyl (C=O) groups excluding carboxylic acids is 2. The summed E-state index contributed by atoms with van der Waals surface area (Å²) in [5.74, 6) is 0. The van der Waals surface area contributed by atoms with E-state index < -0.39 is 17.8 Å². The van der Waals surface area contributed by atoms with Crippen LogP contribution in [0.2, 0.25) is 0 Å². The number of ether oxygens (including phenoxy) is 3. The van der Waals surface area contributed by atoms with Gasteiger partial charge < -0.3 is 24.4 Å². The van der Waals surface area contributed by atoms with E-state index in [-0.39, 0.29) is 18.8 Å². The van der Waals surface area contributed by atoms with E-state index in [1.807, 2.05) is 30.3 Å². The Bertz CT molecular complexity index is 600. The summed E-state index contributed by atoms with van der Waals surface area (Å²) in [5.41, 5.74) is 0.339. The monoisotopic (exact) mass is 364 g/mol. The van der Waals surface area contributed by atoms with Gasteiger partial charge in [0.15, 0.2) is 0 Å². The van der Waals surface area contributed by atoms with Gasteiger partial charge >= 0.3 is 12.2 Å². The zero-order valence-electron chi connectivity index (χ0n) is 15.9. The number of hydrogen-bond acceptors (Lipinski definition) is 5. The Morgan fingerprint density at radius 2 is 1.92 bits per heavy atom. The third kappa shape index (κ3) is 6.22. The van der Waals surface area contributed by atoms with E-state index in [9.17, 15) is 9.59 Å². The van der Waals surface area contributed by atoms with Crippen LogP contribution >= 0.6 is 0 Å². The average Bonchev–Trinajstić information content (AvgIpc) is 2.58. The van der Waals surface area contributed by atoms with Gasteiger partial charge in [-0.05, 0) is 32.8 Å². The number of benzene rings is 1. The predicted molar refractivity (Wildman–Crippen MR) is 96.8 cm³/mol. The van der Waals surface area contributed by atoms with E-state index in [4.69, 9.17) is 14.2 Å². The number of nitrogens with one attached hydrogen (secondary N) is 1. The minimum absolute atomic E-state index is 0.180. The van der Waals surface area contributed by atoms with Crippen LogP contribution in [0.5, 0.6) is 0 Å². The molecule has 0 radical (unpaired) electrons. The van der Waals surface area contributed by atoms with Gasteiger partial charge in [0.2, 0.25) is 0 Å². The molecule has 7 heteroatoms. The molecule has 1 aliphatic heterocycles. The fourth-order valence-electron chi connectivity index (χ4n) is 2.79. The minimum atomic E-state index is -0.588. The molecule has 0 bridgehead atoms. The zero-order valence-corrected chi connectivity index (χ0v) is 15.9. The second kappa shape index (κ2) is 8.89. The predicted octanol–water partition coefficient (Wildman–Crippen LogP) is 2.94. The summed E-state index contributed by atoms with van der Waals surface area (Å²) >= 11 is 0. The molecule has 1 N–H and O–H groups in total. The summed E-state index contributed by atoms with van der Waals surface area (Å²) in [6, 6.07) is 9.15. The molecule has 1 aliphatic rings. The summed E-state index contributed by atoms with van der Waals surface area (Å²) in [4.78, 5) is 26.0. The highest BCUT2D eigenvalue weighted by Gasteiger charge is 2.34. The molecule has 2 atom stereocenters. The van der Waals surface area contributed by atoms with Crippen molar-refractivity contribution in [3.63, 3.8) is 0 Å². The molecule has 2 amide bonds. The maximum Gasteiger partial charge on any atom is 0.410 e. The molecule has 1 aromatic carbocycles. The van der Waals surface area contributed by atoms with E-state index in [2.05, 4.69) is 5.32 Å². The topological polar surface area (TPSA) is 77.1 Å². The van der Waals surface area contributed by atoms with Crippen molar-refractivity contribution in [2.24, 2.45) is 0 Å². The van der Waals surface area contributed by atoms with Gasteiger partial charge in [-0.25, -0.2) is 9.59 Å². The van der Waals surface area contributed by atoms with Crippen molar-refractivity contribution in [1.82, 2.24) is 10.2 Å². The lowest BCUT2D eigenvalue weighted by Crippen LogP contribution is -2.57. The molecule has 144 valence electrons. The fraction of sp³-hybridized carbons (Fsp3) is 0.579. The first kappa shape index (κ1) is 20.0. The maximum absolute atomic E-state index is 12.3. The van der Waals surface area contributed by atoms with Crippen molar-refractivity contribution in [1.29, 1.82) is 0 Å². The molecular weight excluding hydrogens is 336 g/mol. The lowest BCUT2D eigenvalue weighted by atomic mass is 10.0. The molecule has 1 aromatic rings. The largest absolute Gasteiger partial charge is 0.445 e. The van der Waals surface area contributed by atoms with Gasteiger partial charge in [-0.2, -0.15) is 0 Å². The Kier molecular flexibility index (Phi) is 6.85. The normalized spacial score (nSPS) is 20.4. The minimum Gasteiger partial charge on any atom is -0.445 e. The van der Waals surface area contributed by atoms with E-state index in [1.165, 1.54) is 0 Å². The second-order valence-electron chi connectivity index (χ2n) is 7.30. The van der Waals surface area contributed by atoms with Crippen LogP contribution < -0.4 is 5.32 Å². The van der Waals surface area contributed by atoms with Gasteiger partial charge in [-0.1, -0.05) is 30.3 Å². The molecule has 0 unspecified atom stereocenters. The number of likely N-dealkylation sites (tertiary alicyclic amines) is 1. The van der Waals surface area contributed by atoms with Crippen LogP contribution in [-0.2, 0) is 20.8 Å². The van der Waals surface area contributed by atoms with Crippen molar-refractivity contribution in [3.05, 3.63) is 35.9 Å². The number of alkyl carbamates (subject to hydrolysis) is 1. The van der Waals surface area contributed by atoms with E-state index >= 15 is 0 Å². The maximum atomic E-state index is 12.3. The Morgan fingerprint density at radius 3 is 2.54 bits per heavy atom. The number of carbonyl (C=O) groups is 2. The first-order valence-corrected chi connectivity index (χ1v) is 8.76. The highest BCUT2D eigenvalue weighted by Crippen LogP contribution is 2.17. The van der Waals surface area contributed by atoms with Gasteiger partial charge in [-0.3, -0.25) is 0 Å². The molecule has 0 aromatic heterocycles. The molecule has 0 spiro atoms. The van der Waals surface area contributed by atoms with Crippen molar-refractivity contribution >= 4 is 12.2 Å². The first-order chi connectivity index (χ1) is 12.3. The van der Waals surface area contributed by atoms with Crippen LogP contribution in [0.25, 0.3) is 0 Å². The van der Waals surface area contributed by atoms with Gasteiger partial charge in [0.25, 0.3) is 0 Å². The van der Waals surface area contributed by atoms with Gasteiger partial charge in [-0.15, -0.1) is 0 Å². The molecule has 1 fully saturated rings. The van der Waals surface area contributed by atoms with E-state index in [1.54, 1.807) is 32.8 Å². The third-order valence-electron chi connectivity index (χ3n) is 4.02.